The van der Waals surface area contributed by atoms with Crippen LogP contribution in [0.25, 0.3) is 0 Å². The molecule has 0 aromatic carbocycles. The molecule has 2 saturated heterocycles. The zero-order chi connectivity index (χ0) is 50.3. The van der Waals surface area contributed by atoms with E-state index in [-0.39, 0.29) is 18.7 Å². The largest absolute Gasteiger partial charge is 0.481 e. The van der Waals surface area contributed by atoms with Crippen LogP contribution in [-0.2, 0) is 51.0 Å². The molecule has 0 saturated carbocycles. The number of carbonyl (C=O) groups is 2. The SMILES string of the molecule is CCCCCCCCCCCCCCCCCC(=O)OC[C@H](COP(=O)(O)OP(=O)(O)OC[C@H]1O[C@@H](n2ccc(N)nc2=O)[C@H](O)[C@@H]1O)OC(=O)CCCCCCC/C=C\CC1OC1CCCCC. The third-order valence-corrected chi connectivity index (χ3v) is 14.9. The maximum absolute atomic E-state index is 12.9. The molecule has 3 rings (SSSR count). The molecule has 2 aliphatic heterocycles. The molecular formula is C48H85N3O16P2. The molecule has 9 atom stereocenters. The highest BCUT2D eigenvalue weighted by Crippen LogP contribution is 2.60. The second kappa shape index (κ2) is 34.8. The number of ether oxygens (including phenoxy) is 4. The zero-order valence-corrected chi connectivity index (χ0v) is 43.1. The van der Waals surface area contributed by atoms with Crippen LogP contribution in [0.5, 0.6) is 0 Å². The molecule has 4 unspecified atom stereocenters. The van der Waals surface area contributed by atoms with Crippen molar-refractivity contribution in [2.45, 2.75) is 236 Å². The summed E-state index contributed by atoms with van der Waals surface area (Å²) < 4.78 is 62.6. The van der Waals surface area contributed by atoms with Crippen LogP contribution >= 0.6 is 15.6 Å². The minimum Gasteiger partial charge on any atom is -0.462 e. The topological polar surface area (TPSA) is 278 Å². The van der Waals surface area contributed by atoms with Gasteiger partial charge in [-0.3, -0.25) is 23.2 Å². The lowest BCUT2D eigenvalue weighted by Gasteiger charge is -2.21. The molecule has 0 aliphatic carbocycles. The number of esters is 2. The van der Waals surface area contributed by atoms with Crippen molar-refractivity contribution >= 4 is 33.4 Å². The number of hydrogen-bond acceptors (Lipinski definition) is 16. The number of allylic oxidation sites excluding steroid dienone is 1. The van der Waals surface area contributed by atoms with Crippen molar-refractivity contribution < 1.29 is 71.0 Å². The van der Waals surface area contributed by atoms with Crippen LogP contribution in [0, 0.1) is 0 Å². The lowest BCUT2D eigenvalue weighted by Crippen LogP contribution is -2.36. The lowest BCUT2D eigenvalue weighted by atomic mass is 10.0. The second-order valence-electron chi connectivity index (χ2n) is 18.4. The summed E-state index contributed by atoms with van der Waals surface area (Å²) in [5.74, 6) is -1.31. The number of rotatable bonds is 42. The van der Waals surface area contributed by atoms with Crippen molar-refractivity contribution in [2.75, 3.05) is 25.6 Å². The van der Waals surface area contributed by atoms with Crippen LogP contribution in [0.15, 0.2) is 29.2 Å². The zero-order valence-electron chi connectivity index (χ0n) is 41.3. The molecule has 6 N–H and O–H groups in total. The smallest absolute Gasteiger partial charge is 0.462 e. The van der Waals surface area contributed by atoms with E-state index in [1.54, 1.807) is 0 Å². The summed E-state index contributed by atoms with van der Waals surface area (Å²) in [6, 6.07) is 1.25. The summed E-state index contributed by atoms with van der Waals surface area (Å²) in [5, 5.41) is 20.9. The van der Waals surface area contributed by atoms with Crippen molar-refractivity contribution in [3.63, 3.8) is 0 Å². The number of phosphoric acid groups is 2. The van der Waals surface area contributed by atoms with E-state index in [4.69, 9.17) is 33.7 Å². The first-order chi connectivity index (χ1) is 33.1. The van der Waals surface area contributed by atoms with Gasteiger partial charge >= 0.3 is 33.3 Å². The summed E-state index contributed by atoms with van der Waals surface area (Å²) in [5.41, 5.74) is 4.59. The third kappa shape index (κ3) is 27.2. The van der Waals surface area contributed by atoms with E-state index < -0.39 is 83.7 Å². The molecule has 19 nitrogen and oxygen atoms in total. The summed E-state index contributed by atoms with van der Waals surface area (Å²) in [6.07, 6.45) is 27.4. The van der Waals surface area contributed by atoms with Gasteiger partial charge in [-0.1, -0.05) is 154 Å². The van der Waals surface area contributed by atoms with Gasteiger partial charge in [-0.05, 0) is 44.6 Å². The van der Waals surface area contributed by atoms with Crippen LogP contribution in [0.1, 0.15) is 200 Å². The van der Waals surface area contributed by atoms with E-state index in [0.717, 1.165) is 75.2 Å². The molecule has 1 aromatic rings. The highest BCUT2D eigenvalue weighted by Gasteiger charge is 2.46. The van der Waals surface area contributed by atoms with Crippen LogP contribution in [-0.4, -0.2) is 97.9 Å². The lowest BCUT2D eigenvalue weighted by molar-refractivity contribution is -0.161. The predicted molar refractivity (Wildman–Crippen MR) is 261 cm³/mol. The van der Waals surface area contributed by atoms with Gasteiger partial charge in [-0.25, -0.2) is 13.9 Å². The number of aliphatic hydroxyl groups is 2. The summed E-state index contributed by atoms with van der Waals surface area (Å²) in [6.45, 7) is 2.13. The van der Waals surface area contributed by atoms with Crippen LogP contribution in [0.2, 0.25) is 0 Å². The Morgan fingerprint density at radius 2 is 1.26 bits per heavy atom. The molecule has 0 radical (unpaired) electrons. The quantitative estimate of drug-likeness (QED) is 0.0134. The molecule has 69 heavy (non-hydrogen) atoms. The Morgan fingerprint density at radius 3 is 1.87 bits per heavy atom. The standard InChI is InChI=1S/C48H85N3O16P2/c1-3-5-7-8-9-10-11-12-13-14-15-16-20-23-27-31-43(52)61-35-38(64-44(53)32-28-24-21-18-17-19-22-26-30-40-39(65-40)29-25-6-4-2)36-62-68(57,58)67-69(59,60)63-37-41-45(54)46(55)47(66-41)51-34-33-42(49)50-48(51)56/h22,26,33-34,38-41,45-47,54-55H,3-21,23-25,27-32,35-37H2,1-2H3,(H,57,58)(H,59,60)(H2,49,50,56)/b26-22-/t38-,39?,40?,41-,45-,46-,47-/m1/s1. The van der Waals surface area contributed by atoms with Gasteiger partial charge in [0.15, 0.2) is 12.3 Å². The molecule has 0 amide bonds. The molecule has 2 aliphatic rings. The Balaban J connectivity index is 1.39. The number of aliphatic hydroxyl groups excluding tert-OH is 2. The van der Waals surface area contributed by atoms with Gasteiger partial charge in [0.05, 0.1) is 25.4 Å². The second-order valence-corrected chi connectivity index (χ2v) is 21.5. The summed E-state index contributed by atoms with van der Waals surface area (Å²) >= 11 is 0. The number of hydrogen-bond donors (Lipinski definition) is 5. The van der Waals surface area contributed by atoms with Gasteiger partial charge in [-0.2, -0.15) is 9.29 Å². The first kappa shape index (κ1) is 60.8. The van der Waals surface area contributed by atoms with Gasteiger partial charge in [0.2, 0.25) is 0 Å². The van der Waals surface area contributed by atoms with Gasteiger partial charge in [-0.15, -0.1) is 0 Å². The summed E-state index contributed by atoms with van der Waals surface area (Å²) in [7, 11) is -10.8. The number of epoxide rings is 1. The Morgan fingerprint density at radius 1 is 0.710 bits per heavy atom. The molecule has 21 heteroatoms. The van der Waals surface area contributed by atoms with Gasteiger partial charge in [0.1, 0.15) is 30.7 Å². The number of phosphoric ester groups is 2. The molecule has 0 spiro atoms. The van der Waals surface area contributed by atoms with E-state index in [2.05, 4.69) is 35.3 Å². The number of nitrogen functional groups attached to an aromatic ring is 1. The monoisotopic (exact) mass is 1020 g/mol. The first-order valence-electron chi connectivity index (χ1n) is 25.8. The molecule has 398 valence electrons. The maximum Gasteiger partial charge on any atom is 0.481 e. The van der Waals surface area contributed by atoms with Crippen LogP contribution < -0.4 is 11.4 Å². The predicted octanol–water partition coefficient (Wildman–Crippen LogP) is 9.44. The van der Waals surface area contributed by atoms with Gasteiger partial charge < -0.3 is 44.7 Å². The Kier molecular flexibility index (Phi) is 30.6. The van der Waals surface area contributed by atoms with Crippen molar-refractivity contribution in [1.29, 1.82) is 0 Å². The Bertz CT molecular complexity index is 1770. The molecular weight excluding hydrogens is 936 g/mol. The summed E-state index contributed by atoms with van der Waals surface area (Å²) in [4.78, 5) is 61.9. The highest BCUT2D eigenvalue weighted by atomic mass is 31.3. The average molecular weight is 1020 g/mol. The van der Waals surface area contributed by atoms with Gasteiger partial charge in [0, 0.05) is 19.0 Å². The molecule has 1 aromatic heterocycles. The van der Waals surface area contributed by atoms with Crippen molar-refractivity contribution in [2.24, 2.45) is 0 Å². The molecule has 2 fully saturated rings. The van der Waals surface area contributed by atoms with E-state index in [0.29, 0.717) is 25.0 Å². The first-order valence-corrected chi connectivity index (χ1v) is 28.8. The van der Waals surface area contributed by atoms with Gasteiger partial charge in [0.25, 0.3) is 0 Å². The van der Waals surface area contributed by atoms with E-state index >= 15 is 0 Å². The molecule has 0 bridgehead atoms. The minimum atomic E-state index is -5.43. The van der Waals surface area contributed by atoms with Crippen molar-refractivity contribution in [1.82, 2.24) is 9.55 Å². The number of anilines is 1. The fourth-order valence-electron chi connectivity index (χ4n) is 8.14. The van der Waals surface area contributed by atoms with E-state index in [1.165, 1.54) is 95.7 Å². The maximum atomic E-state index is 12.9. The fourth-order valence-corrected chi connectivity index (χ4v) is 10.3. The normalized spacial score (nSPS) is 22.3. The van der Waals surface area contributed by atoms with Crippen molar-refractivity contribution in [3.8, 4) is 0 Å². The number of carbonyl (C=O) groups excluding carboxylic acids is 2. The Hall–Kier alpha value is -2.54. The Labute approximate surface area is 409 Å². The number of unbranched alkanes of at least 4 members (excludes halogenated alkanes) is 21. The van der Waals surface area contributed by atoms with E-state index in [9.17, 15) is 43.5 Å². The average Bonchev–Trinajstić information content (AvgIpc) is 3.99. The fraction of sp³-hybridized carbons (Fsp3) is 0.833. The van der Waals surface area contributed by atoms with E-state index in [1.807, 2.05) is 0 Å². The number of aromatic nitrogens is 2. The third-order valence-electron chi connectivity index (χ3n) is 12.3. The highest BCUT2D eigenvalue weighted by molar-refractivity contribution is 7.61. The molecule has 3 heterocycles. The minimum absolute atomic E-state index is 0.0331. The number of nitrogens with two attached hydrogens (primary N) is 1. The van der Waals surface area contributed by atoms with Crippen LogP contribution in [0.4, 0.5) is 5.82 Å². The van der Waals surface area contributed by atoms with Crippen molar-refractivity contribution in [3.05, 3.63) is 34.9 Å². The van der Waals surface area contributed by atoms with Crippen LogP contribution in [0.3, 0.4) is 0 Å². The number of nitrogens with zero attached hydrogens (tertiary/aromatic N) is 2.